The van der Waals surface area contributed by atoms with Crippen LogP contribution in [0.15, 0.2) is 0 Å². The van der Waals surface area contributed by atoms with Crippen molar-refractivity contribution in [2.45, 2.75) is 18.4 Å². The van der Waals surface area contributed by atoms with Gasteiger partial charge in [0.2, 0.25) is 0 Å². The number of hydrogen-bond donors (Lipinski definition) is 4. The lowest BCUT2D eigenvalue weighted by Crippen LogP contribution is -2.42. The quantitative estimate of drug-likeness (QED) is 0.483. The normalized spacial score (nSPS) is 10.1. The van der Waals surface area contributed by atoms with Crippen LogP contribution in [0, 0.1) is 0 Å². The molecule has 0 aliphatic heterocycles. The number of aliphatic carboxylic acids is 3. The topological polar surface area (TPSA) is 132 Å². The van der Waals surface area contributed by atoms with Gasteiger partial charge in [-0.15, -0.1) is 12.4 Å². The molecule has 0 heterocycles. The summed E-state index contributed by atoms with van der Waals surface area (Å²) in [6, 6.07) is 0. The first-order chi connectivity index (χ1) is 5.78. The van der Waals surface area contributed by atoms with Crippen molar-refractivity contribution in [2.75, 3.05) is 0 Å². The molecule has 0 aromatic carbocycles. The summed E-state index contributed by atoms with van der Waals surface area (Å²) in [5, 5.41) is 33.8. The second kappa shape index (κ2) is 5.40. The molecule has 82 valence electrons. The lowest BCUT2D eigenvalue weighted by Gasteiger charge is -2.18. The molecule has 0 amide bonds. The van der Waals surface area contributed by atoms with Gasteiger partial charge in [-0.1, -0.05) is 0 Å². The third-order valence-electron chi connectivity index (χ3n) is 1.29. The molecule has 4 N–H and O–H groups in total. The van der Waals surface area contributed by atoms with Crippen molar-refractivity contribution in [1.29, 1.82) is 0 Å². The monoisotopic (exact) mass is 228 g/mol. The van der Waals surface area contributed by atoms with Crippen LogP contribution in [0.3, 0.4) is 0 Å². The van der Waals surface area contributed by atoms with Crippen LogP contribution in [-0.2, 0) is 14.4 Å². The van der Waals surface area contributed by atoms with E-state index in [0.29, 0.717) is 0 Å². The van der Waals surface area contributed by atoms with Crippen LogP contribution in [0.1, 0.15) is 12.8 Å². The Morgan fingerprint density at radius 1 is 0.929 bits per heavy atom. The zero-order valence-corrected chi connectivity index (χ0v) is 7.65. The van der Waals surface area contributed by atoms with Crippen molar-refractivity contribution in [1.82, 2.24) is 0 Å². The number of aliphatic hydroxyl groups is 1. The SMILES string of the molecule is Cl.O=C(O)CC(O)(CC(=O)O)C(=O)O. The highest BCUT2D eigenvalue weighted by atomic mass is 35.5. The Morgan fingerprint density at radius 3 is 1.36 bits per heavy atom. The van der Waals surface area contributed by atoms with Crippen LogP contribution in [0.2, 0.25) is 0 Å². The van der Waals surface area contributed by atoms with Crippen LogP contribution in [-0.4, -0.2) is 43.9 Å². The van der Waals surface area contributed by atoms with Gasteiger partial charge in [0.1, 0.15) is 0 Å². The first-order valence-electron chi connectivity index (χ1n) is 3.17. The van der Waals surface area contributed by atoms with Gasteiger partial charge in [0.05, 0.1) is 12.8 Å². The molecular weight excluding hydrogens is 220 g/mol. The maximum atomic E-state index is 10.3. The Balaban J connectivity index is 0. The molecule has 7 nitrogen and oxygen atoms in total. The molecule has 0 spiro atoms. The Labute approximate surface area is 84.4 Å². The third-order valence-corrected chi connectivity index (χ3v) is 1.29. The number of hydrogen-bond acceptors (Lipinski definition) is 4. The number of halogens is 1. The van der Waals surface area contributed by atoms with E-state index in [1.807, 2.05) is 0 Å². The largest absolute Gasteiger partial charge is 0.481 e. The molecule has 0 aromatic rings. The molecule has 0 aliphatic carbocycles. The molecule has 0 aromatic heterocycles. The second-order valence-corrected chi connectivity index (χ2v) is 2.48. The van der Waals surface area contributed by atoms with E-state index in [2.05, 4.69) is 0 Å². The van der Waals surface area contributed by atoms with Gasteiger partial charge in [0.15, 0.2) is 5.60 Å². The summed E-state index contributed by atoms with van der Waals surface area (Å²) in [6.45, 7) is 0. The van der Waals surface area contributed by atoms with E-state index in [1.165, 1.54) is 0 Å². The van der Waals surface area contributed by atoms with Crippen LogP contribution in [0.4, 0.5) is 0 Å². The van der Waals surface area contributed by atoms with Gasteiger partial charge < -0.3 is 20.4 Å². The van der Waals surface area contributed by atoms with Gasteiger partial charge in [0.25, 0.3) is 0 Å². The summed E-state index contributed by atoms with van der Waals surface area (Å²) in [4.78, 5) is 30.5. The van der Waals surface area contributed by atoms with Gasteiger partial charge in [0, 0.05) is 0 Å². The molecule has 14 heavy (non-hydrogen) atoms. The fourth-order valence-electron chi connectivity index (χ4n) is 0.714. The van der Waals surface area contributed by atoms with Crippen LogP contribution in [0.25, 0.3) is 0 Å². The molecule has 0 unspecified atom stereocenters. The Morgan fingerprint density at radius 2 is 1.21 bits per heavy atom. The molecule has 0 bridgehead atoms. The van der Waals surface area contributed by atoms with E-state index >= 15 is 0 Å². The molecule has 0 aliphatic rings. The Bertz CT molecular complexity index is 233. The molecule has 0 fully saturated rings. The van der Waals surface area contributed by atoms with E-state index in [9.17, 15) is 14.4 Å². The summed E-state index contributed by atoms with van der Waals surface area (Å²) in [5.74, 6) is -5.02. The zero-order chi connectivity index (χ0) is 10.6. The fourth-order valence-corrected chi connectivity index (χ4v) is 0.714. The van der Waals surface area contributed by atoms with Crippen LogP contribution < -0.4 is 0 Å². The lowest BCUT2D eigenvalue weighted by atomic mass is 9.96. The second-order valence-electron chi connectivity index (χ2n) is 2.48. The Hall–Kier alpha value is -1.34. The summed E-state index contributed by atoms with van der Waals surface area (Å²) >= 11 is 0. The van der Waals surface area contributed by atoms with Crippen LogP contribution in [0.5, 0.6) is 0 Å². The predicted octanol–water partition coefficient (Wildman–Crippen LogP) is -0.827. The number of carbonyl (C=O) groups is 3. The summed E-state index contributed by atoms with van der Waals surface area (Å²) in [6.07, 6.45) is -2.29. The minimum Gasteiger partial charge on any atom is -0.481 e. The zero-order valence-electron chi connectivity index (χ0n) is 6.84. The fraction of sp³-hybridized carbons (Fsp3) is 0.500. The average Bonchev–Trinajstić information content (AvgIpc) is 1.82. The van der Waals surface area contributed by atoms with Crippen LogP contribution >= 0.6 is 12.4 Å². The maximum absolute atomic E-state index is 10.3. The number of rotatable bonds is 5. The molecule has 0 radical (unpaired) electrons. The minimum atomic E-state index is -2.74. The molecule has 0 saturated carbocycles. The van der Waals surface area contributed by atoms with Crippen molar-refractivity contribution in [3.8, 4) is 0 Å². The van der Waals surface area contributed by atoms with E-state index in [-0.39, 0.29) is 12.4 Å². The highest BCUT2D eigenvalue weighted by Gasteiger charge is 2.40. The van der Waals surface area contributed by atoms with Crippen molar-refractivity contribution < 1.29 is 34.8 Å². The highest BCUT2D eigenvalue weighted by Crippen LogP contribution is 2.15. The smallest absolute Gasteiger partial charge is 0.336 e. The summed E-state index contributed by atoms with van der Waals surface area (Å²) in [7, 11) is 0. The average molecular weight is 229 g/mol. The number of carboxylic acid groups (broad SMARTS) is 3. The number of carboxylic acids is 3. The van der Waals surface area contributed by atoms with Crippen molar-refractivity contribution >= 4 is 30.3 Å². The standard InChI is InChI=1S/C6H8O7.ClH/c7-3(8)1-6(13,5(11)12)2-4(9)10;/h13H,1-2H2,(H,7,8)(H,9,10)(H,11,12);1H. The van der Waals surface area contributed by atoms with E-state index in [0.717, 1.165) is 0 Å². The third kappa shape index (κ3) is 4.63. The van der Waals surface area contributed by atoms with Gasteiger partial charge in [-0.25, -0.2) is 4.79 Å². The summed E-state index contributed by atoms with van der Waals surface area (Å²) < 4.78 is 0. The first kappa shape index (κ1) is 15.1. The Kier molecular flexibility index (Phi) is 5.85. The maximum Gasteiger partial charge on any atom is 0.336 e. The van der Waals surface area contributed by atoms with E-state index in [4.69, 9.17) is 20.4 Å². The van der Waals surface area contributed by atoms with Gasteiger partial charge in [-0.05, 0) is 0 Å². The minimum absolute atomic E-state index is 0. The van der Waals surface area contributed by atoms with E-state index in [1.54, 1.807) is 0 Å². The molecule has 8 heteroatoms. The van der Waals surface area contributed by atoms with Gasteiger partial charge >= 0.3 is 17.9 Å². The first-order valence-corrected chi connectivity index (χ1v) is 3.17. The molecule has 0 rings (SSSR count). The molecule has 0 saturated heterocycles. The summed E-state index contributed by atoms with van der Waals surface area (Å²) in [5.41, 5.74) is -2.74. The van der Waals surface area contributed by atoms with Crippen molar-refractivity contribution in [3.63, 3.8) is 0 Å². The lowest BCUT2D eigenvalue weighted by molar-refractivity contribution is -0.170. The van der Waals surface area contributed by atoms with Crippen molar-refractivity contribution in [3.05, 3.63) is 0 Å². The van der Waals surface area contributed by atoms with E-state index < -0.39 is 36.4 Å². The molecular formula is C6H9ClO7. The predicted molar refractivity (Wildman–Crippen MR) is 44.3 cm³/mol. The highest BCUT2D eigenvalue weighted by molar-refractivity contribution is 5.88. The van der Waals surface area contributed by atoms with Gasteiger partial charge in [-0.3, -0.25) is 9.59 Å². The molecule has 0 atom stereocenters. The van der Waals surface area contributed by atoms with Gasteiger partial charge in [-0.2, -0.15) is 0 Å². The van der Waals surface area contributed by atoms with Crippen molar-refractivity contribution in [2.24, 2.45) is 0 Å².